The van der Waals surface area contributed by atoms with E-state index in [1.165, 1.54) is 5.56 Å². The van der Waals surface area contributed by atoms with Gasteiger partial charge in [0.2, 0.25) is 5.88 Å². The summed E-state index contributed by atoms with van der Waals surface area (Å²) in [4.78, 5) is 10.8. The zero-order valence-electron chi connectivity index (χ0n) is 16.3. The Morgan fingerprint density at radius 1 is 1.38 bits per heavy atom. The second-order valence-corrected chi connectivity index (χ2v) is 7.23. The van der Waals surface area contributed by atoms with Gasteiger partial charge >= 0.3 is 0 Å². The molecule has 2 aromatic heterocycles. The third kappa shape index (κ3) is 4.92. The number of alkyl halides is 2. The van der Waals surface area contributed by atoms with Gasteiger partial charge < -0.3 is 10.1 Å². The maximum absolute atomic E-state index is 12.3. The van der Waals surface area contributed by atoms with Gasteiger partial charge in [-0.15, -0.1) is 0 Å². The van der Waals surface area contributed by atoms with Gasteiger partial charge in [0.1, 0.15) is 17.5 Å². The van der Waals surface area contributed by atoms with Crippen LogP contribution in [0.3, 0.4) is 0 Å². The van der Waals surface area contributed by atoms with Crippen molar-refractivity contribution < 1.29 is 13.5 Å². The number of nitrogens with one attached hydrogen (secondary N) is 1. The Bertz CT molecular complexity index is 901. The molecular formula is C20H22ClF2N5O. The molecule has 0 aromatic carbocycles. The summed E-state index contributed by atoms with van der Waals surface area (Å²) in [5.41, 5.74) is 4.15. The fourth-order valence-electron chi connectivity index (χ4n) is 3.47. The first-order valence-electron chi connectivity index (χ1n) is 9.30. The maximum atomic E-state index is 12.3. The number of halogens is 3. The van der Waals surface area contributed by atoms with E-state index in [2.05, 4.69) is 33.2 Å². The maximum Gasteiger partial charge on any atom is 0.272 e. The van der Waals surface area contributed by atoms with Gasteiger partial charge in [0.05, 0.1) is 6.07 Å². The lowest BCUT2D eigenvalue weighted by Gasteiger charge is -2.35. The van der Waals surface area contributed by atoms with Crippen LogP contribution in [0.2, 0.25) is 5.15 Å². The SMILES string of the molecule is Cc1c(Cl)nc(NCC#N)c2c1CCN(C(C)c1ccc(OCC(F)F)nc1)C2. The van der Waals surface area contributed by atoms with E-state index < -0.39 is 13.0 Å². The lowest BCUT2D eigenvalue weighted by Crippen LogP contribution is -2.34. The second kappa shape index (κ2) is 9.33. The molecule has 29 heavy (non-hydrogen) atoms. The summed E-state index contributed by atoms with van der Waals surface area (Å²) >= 11 is 6.27. The quantitative estimate of drug-likeness (QED) is 0.535. The third-order valence-corrected chi connectivity index (χ3v) is 5.48. The van der Waals surface area contributed by atoms with E-state index in [0.29, 0.717) is 17.5 Å². The average molecular weight is 422 g/mol. The molecule has 1 aliphatic rings. The highest BCUT2D eigenvalue weighted by atomic mass is 35.5. The highest BCUT2D eigenvalue weighted by Crippen LogP contribution is 2.34. The predicted octanol–water partition coefficient (Wildman–Crippen LogP) is 4.14. The van der Waals surface area contributed by atoms with E-state index >= 15 is 0 Å². The van der Waals surface area contributed by atoms with Crippen LogP contribution in [0.15, 0.2) is 18.3 Å². The zero-order chi connectivity index (χ0) is 21.0. The number of hydrogen-bond acceptors (Lipinski definition) is 6. The van der Waals surface area contributed by atoms with Crippen molar-refractivity contribution >= 4 is 17.4 Å². The van der Waals surface area contributed by atoms with Crippen LogP contribution in [-0.4, -0.2) is 41.0 Å². The van der Waals surface area contributed by atoms with E-state index in [1.54, 1.807) is 12.3 Å². The molecule has 0 saturated heterocycles. The van der Waals surface area contributed by atoms with E-state index in [0.717, 1.165) is 29.7 Å². The molecule has 1 N–H and O–H groups in total. The van der Waals surface area contributed by atoms with Gasteiger partial charge in [0, 0.05) is 37.0 Å². The molecule has 154 valence electrons. The van der Waals surface area contributed by atoms with Gasteiger partial charge in [0.15, 0.2) is 6.61 Å². The van der Waals surface area contributed by atoms with Crippen LogP contribution >= 0.6 is 11.6 Å². The molecule has 0 spiro atoms. The molecule has 0 amide bonds. The molecule has 1 atom stereocenters. The molecule has 0 aliphatic carbocycles. The molecule has 1 unspecified atom stereocenters. The molecule has 0 saturated carbocycles. The highest BCUT2D eigenvalue weighted by molar-refractivity contribution is 6.30. The van der Waals surface area contributed by atoms with Gasteiger partial charge in [0.25, 0.3) is 6.43 Å². The number of pyridine rings is 2. The minimum Gasteiger partial charge on any atom is -0.472 e. The highest BCUT2D eigenvalue weighted by Gasteiger charge is 2.27. The molecule has 0 bridgehead atoms. The van der Waals surface area contributed by atoms with Crippen LogP contribution in [-0.2, 0) is 13.0 Å². The first kappa shape index (κ1) is 21.2. The predicted molar refractivity (Wildman–Crippen MR) is 106 cm³/mol. The average Bonchev–Trinajstić information content (AvgIpc) is 2.73. The molecule has 9 heteroatoms. The van der Waals surface area contributed by atoms with Crippen molar-refractivity contribution in [2.45, 2.75) is 39.3 Å². The Morgan fingerprint density at radius 3 is 2.83 bits per heavy atom. The molecule has 2 aromatic rings. The Morgan fingerprint density at radius 2 is 2.17 bits per heavy atom. The summed E-state index contributed by atoms with van der Waals surface area (Å²) in [6.07, 6.45) is -0.0580. The van der Waals surface area contributed by atoms with Gasteiger partial charge in [-0.25, -0.2) is 18.7 Å². The third-order valence-electron chi connectivity index (χ3n) is 5.11. The molecule has 0 radical (unpaired) electrons. The van der Waals surface area contributed by atoms with Crippen molar-refractivity contribution in [1.29, 1.82) is 5.26 Å². The minimum atomic E-state index is -2.53. The monoisotopic (exact) mass is 421 g/mol. The summed E-state index contributed by atoms with van der Waals surface area (Å²) < 4.78 is 29.5. The molecule has 3 heterocycles. The van der Waals surface area contributed by atoms with E-state index in [4.69, 9.17) is 21.6 Å². The lowest BCUT2D eigenvalue weighted by molar-refractivity contribution is 0.0795. The van der Waals surface area contributed by atoms with E-state index in [1.807, 2.05) is 13.0 Å². The fourth-order valence-corrected chi connectivity index (χ4v) is 3.67. The summed E-state index contributed by atoms with van der Waals surface area (Å²) in [5.74, 6) is 0.825. The smallest absolute Gasteiger partial charge is 0.272 e. The summed E-state index contributed by atoms with van der Waals surface area (Å²) in [6, 6.07) is 5.57. The summed E-state index contributed by atoms with van der Waals surface area (Å²) in [5, 5.41) is 12.4. The van der Waals surface area contributed by atoms with Crippen molar-refractivity contribution in [2.24, 2.45) is 0 Å². The Balaban J connectivity index is 1.77. The molecule has 6 nitrogen and oxygen atoms in total. The number of aromatic nitrogens is 2. The van der Waals surface area contributed by atoms with Gasteiger partial charge in [-0.2, -0.15) is 5.26 Å². The lowest BCUT2D eigenvalue weighted by atomic mass is 9.95. The van der Waals surface area contributed by atoms with Crippen LogP contribution < -0.4 is 10.1 Å². The molecule has 3 rings (SSSR count). The van der Waals surface area contributed by atoms with Crippen molar-refractivity contribution in [3.63, 3.8) is 0 Å². The van der Waals surface area contributed by atoms with Crippen LogP contribution in [0, 0.1) is 18.3 Å². The van der Waals surface area contributed by atoms with Crippen molar-refractivity contribution in [3.05, 3.63) is 45.7 Å². The topological polar surface area (TPSA) is 74.1 Å². The normalized spacial score (nSPS) is 14.9. The first-order chi connectivity index (χ1) is 13.9. The summed E-state index contributed by atoms with van der Waals surface area (Å²) in [7, 11) is 0. The van der Waals surface area contributed by atoms with Crippen LogP contribution in [0.1, 0.15) is 35.2 Å². The zero-order valence-corrected chi connectivity index (χ0v) is 17.0. The van der Waals surface area contributed by atoms with Gasteiger partial charge in [-0.05, 0) is 37.0 Å². The Labute approximate surface area is 173 Å². The van der Waals surface area contributed by atoms with E-state index in [-0.39, 0.29) is 18.5 Å². The van der Waals surface area contributed by atoms with E-state index in [9.17, 15) is 8.78 Å². The largest absolute Gasteiger partial charge is 0.472 e. The molecule has 0 fully saturated rings. The standard InChI is InChI=1S/C20H22ClF2N5O/c1-12-15-5-8-28(10-16(15)20(25-7-6-24)27-19(12)21)13(2)14-3-4-18(26-9-14)29-11-17(22)23/h3-4,9,13,17H,5,7-8,10-11H2,1-2H3,(H,25,27). The number of nitrogens with zero attached hydrogens (tertiary/aromatic N) is 4. The van der Waals surface area contributed by atoms with Crippen LogP contribution in [0.5, 0.6) is 5.88 Å². The molecule has 1 aliphatic heterocycles. The van der Waals surface area contributed by atoms with Crippen LogP contribution in [0.25, 0.3) is 0 Å². The number of rotatable bonds is 7. The summed E-state index contributed by atoms with van der Waals surface area (Å²) in [6.45, 7) is 5.00. The Kier molecular flexibility index (Phi) is 6.83. The Hall–Kier alpha value is -2.50. The number of anilines is 1. The minimum absolute atomic E-state index is 0.0552. The number of nitriles is 1. The van der Waals surface area contributed by atoms with Crippen molar-refractivity contribution in [3.8, 4) is 11.9 Å². The fraction of sp³-hybridized carbons (Fsp3) is 0.450. The second-order valence-electron chi connectivity index (χ2n) is 6.87. The molecular weight excluding hydrogens is 400 g/mol. The number of hydrogen-bond donors (Lipinski definition) is 1. The first-order valence-corrected chi connectivity index (χ1v) is 9.68. The van der Waals surface area contributed by atoms with Crippen molar-refractivity contribution in [1.82, 2.24) is 14.9 Å². The van der Waals surface area contributed by atoms with Crippen molar-refractivity contribution in [2.75, 3.05) is 25.0 Å². The van der Waals surface area contributed by atoms with Gasteiger partial charge in [-0.3, -0.25) is 4.90 Å². The number of fused-ring (bicyclic) bond motifs is 1. The van der Waals surface area contributed by atoms with Gasteiger partial charge in [-0.1, -0.05) is 17.7 Å². The number of ether oxygens (including phenoxy) is 1. The van der Waals surface area contributed by atoms with Crippen LogP contribution in [0.4, 0.5) is 14.6 Å².